The smallest absolute Gasteiger partial charge is 0.156 e. The molecule has 0 atom stereocenters. The van der Waals surface area contributed by atoms with E-state index >= 15 is 0 Å². The molecule has 0 radical (unpaired) electrons. The maximum Gasteiger partial charge on any atom is 0.156 e. The molecule has 8 heteroatoms. The van der Waals surface area contributed by atoms with Crippen LogP contribution in [0.2, 0.25) is 5.02 Å². The Morgan fingerprint density at radius 2 is 2.07 bits per heavy atom. The van der Waals surface area contributed by atoms with Gasteiger partial charge >= 0.3 is 0 Å². The number of aryl methyl sites for hydroxylation is 1. The predicted molar refractivity (Wildman–Crippen MR) is 108 cm³/mol. The number of aromatic amines is 2. The number of fused-ring (bicyclic) bond motifs is 1. The van der Waals surface area contributed by atoms with Gasteiger partial charge in [-0.1, -0.05) is 23.7 Å². The molecule has 28 heavy (non-hydrogen) atoms. The van der Waals surface area contributed by atoms with E-state index < -0.39 is 0 Å². The first-order valence-electron chi connectivity index (χ1n) is 8.79. The minimum absolute atomic E-state index is 0.647. The van der Waals surface area contributed by atoms with Crippen LogP contribution < -0.4 is 0 Å². The molecule has 0 aliphatic rings. The largest absolute Gasteiger partial charge is 0.344 e. The van der Waals surface area contributed by atoms with Crippen LogP contribution in [0.25, 0.3) is 33.5 Å². The number of H-pyrrole nitrogens is 2. The van der Waals surface area contributed by atoms with Crippen LogP contribution in [0, 0.1) is 6.92 Å². The highest BCUT2D eigenvalue weighted by Gasteiger charge is 2.14. The van der Waals surface area contributed by atoms with Crippen LogP contribution in [0.5, 0.6) is 0 Å². The number of hydrogen-bond donors (Lipinski definition) is 2. The van der Waals surface area contributed by atoms with E-state index in [-0.39, 0.29) is 0 Å². The molecule has 7 nitrogen and oxygen atoms in total. The van der Waals surface area contributed by atoms with Crippen molar-refractivity contribution in [2.24, 2.45) is 0 Å². The highest BCUT2D eigenvalue weighted by molar-refractivity contribution is 6.30. The van der Waals surface area contributed by atoms with Crippen LogP contribution in [-0.4, -0.2) is 34.9 Å². The molecule has 0 saturated carbocycles. The van der Waals surface area contributed by atoms with Crippen LogP contribution in [0.15, 0.2) is 55.2 Å². The Bertz CT molecular complexity index is 1280. The Hall–Kier alpha value is -3.45. The monoisotopic (exact) mass is 389 g/mol. The molecule has 138 valence electrons. The number of aromatic nitrogens is 7. The van der Waals surface area contributed by atoms with Gasteiger partial charge in [-0.05, 0) is 24.6 Å². The molecule has 0 fully saturated rings. The van der Waals surface area contributed by atoms with Crippen LogP contribution in [0.3, 0.4) is 0 Å². The molecule has 0 bridgehead atoms. The quantitative estimate of drug-likeness (QED) is 0.481. The Morgan fingerprint density at radius 3 is 2.89 bits per heavy atom. The van der Waals surface area contributed by atoms with Crippen LogP contribution in [0.1, 0.15) is 11.3 Å². The molecule has 0 aliphatic heterocycles. The molecule has 0 amide bonds. The van der Waals surface area contributed by atoms with E-state index in [2.05, 4.69) is 25.3 Å². The van der Waals surface area contributed by atoms with E-state index in [0.717, 1.165) is 49.8 Å². The highest BCUT2D eigenvalue weighted by Crippen LogP contribution is 2.28. The van der Waals surface area contributed by atoms with Gasteiger partial charge in [0.2, 0.25) is 0 Å². The standard InChI is InChI=1S/C20H16ClN7/c1-12-16(8-24-27-12)18-9-23-20-19(26-18)17(7-22-20)14-6-25-28(11-14)10-13-3-2-4-15(21)5-13/h2-9,11H,10H2,1H3,(H,22,23)(H,24,27). The number of rotatable bonds is 4. The van der Waals surface area contributed by atoms with Gasteiger partial charge in [-0.3, -0.25) is 9.78 Å². The second-order valence-electron chi connectivity index (χ2n) is 6.62. The van der Waals surface area contributed by atoms with E-state index in [1.807, 2.05) is 54.5 Å². The van der Waals surface area contributed by atoms with Crippen molar-refractivity contribution >= 4 is 22.8 Å². The Morgan fingerprint density at radius 1 is 1.14 bits per heavy atom. The fourth-order valence-electron chi connectivity index (χ4n) is 3.26. The van der Waals surface area contributed by atoms with E-state index in [1.54, 1.807) is 12.4 Å². The number of nitrogens with one attached hydrogen (secondary N) is 2. The molecule has 0 saturated heterocycles. The van der Waals surface area contributed by atoms with E-state index in [1.165, 1.54) is 0 Å². The first-order valence-corrected chi connectivity index (χ1v) is 9.17. The summed E-state index contributed by atoms with van der Waals surface area (Å²) in [5.41, 5.74) is 7.26. The number of nitrogens with zero attached hydrogens (tertiary/aromatic N) is 5. The summed E-state index contributed by atoms with van der Waals surface area (Å²) >= 11 is 6.08. The van der Waals surface area contributed by atoms with Gasteiger partial charge in [0.05, 0.1) is 30.8 Å². The van der Waals surface area contributed by atoms with Crippen LogP contribution >= 0.6 is 11.6 Å². The third-order valence-corrected chi connectivity index (χ3v) is 4.90. The van der Waals surface area contributed by atoms with Gasteiger partial charge in [0.1, 0.15) is 5.52 Å². The summed E-state index contributed by atoms with van der Waals surface area (Å²) in [5, 5.41) is 12.2. The van der Waals surface area contributed by atoms with Crippen molar-refractivity contribution in [3.63, 3.8) is 0 Å². The lowest BCUT2D eigenvalue weighted by Gasteiger charge is -2.02. The molecule has 4 heterocycles. The van der Waals surface area contributed by atoms with Crippen molar-refractivity contribution in [2.75, 3.05) is 0 Å². The minimum Gasteiger partial charge on any atom is -0.344 e. The molecule has 4 aromatic heterocycles. The maximum absolute atomic E-state index is 6.08. The van der Waals surface area contributed by atoms with Gasteiger partial charge in [-0.15, -0.1) is 0 Å². The lowest BCUT2D eigenvalue weighted by atomic mass is 10.1. The van der Waals surface area contributed by atoms with Gasteiger partial charge < -0.3 is 4.98 Å². The summed E-state index contributed by atoms with van der Waals surface area (Å²) in [6, 6.07) is 7.78. The van der Waals surface area contributed by atoms with Crippen molar-refractivity contribution in [1.29, 1.82) is 0 Å². The van der Waals surface area contributed by atoms with Gasteiger partial charge in [0, 0.05) is 39.8 Å². The number of halogens is 1. The third-order valence-electron chi connectivity index (χ3n) is 4.66. The lowest BCUT2D eigenvalue weighted by Crippen LogP contribution is -1.99. The van der Waals surface area contributed by atoms with Crippen molar-refractivity contribution in [2.45, 2.75) is 13.5 Å². The zero-order valence-electron chi connectivity index (χ0n) is 15.0. The Labute approximate surface area is 165 Å². The lowest BCUT2D eigenvalue weighted by molar-refractivity contribution is 0.687. The predicted octanol–water partition coefficient (Wildman–Crippen LogP) is 4.22. The second kappa shape index (κ2) is 6.61. The first-order chi connectivity index (χ1) is 13.7. The molecular weight excluding hydrogens is 374 g/mol. The van der Waals surface area contributed by atoms with Crippen molar-refractivity contribution in [3.05, 3.63) is 71.5 Å². The Balaban J connectivity index is 1.51. The summed E-state index contributed by atoms with van der Waals surface area (Å²) < 4.78 is 1.89. The van der Waals surface area contributed by atoms with Gasteiger partial charge in [-0.2, -0.15) is 10.2 Å². The number of benzene rings is 1. The van der Waals surface area contributed by atoms with Crippen molar-refractivity contribution in [3.8, 4) is 22.4 Å². The summed E-state index contributed by atoms with van der Waals surface area (Å²) in [7, 11) is 0. The average molecular weight is 390 g/mol. The molecule has 0 unspecified atom stereocenters. The fourth-order valence-corrected chi connectivity index (χ4v) is 3.47. The summed E-state index contributed by atoms with van der Waals surface area (Å²) in [6.07, 6.45) is 9.27. The van der Waals surface area contributed by atoms with Gasteiger partial charge in [0.15, 0.2) is 5.65 Å². The van der Waals surface area contributed by atoms with Gasteiger partial charge in [0.25, 0.3) is 0 Å². The minimum atomic E-state index is 0.647. The Kier molecular flexibility index (Phi) is 3.95. The summed E-state index contributed by atoms with van der Waals surface area (Å²) in [4.78, 5) is 12.5. The summed E-state index contributed by atoms with van der Waals surface area (Å²) in [5.74, 6) is 0. The molecule has 0 spiro atoms. The zero-order chi connectivity index (χ0) is 19.1. The molecule has 2 N–H and O–H groups in total. The van der Waals surface area contributed by atoms with E-state index in [9.17, 15) is 0 Å². The zero-order valence-corrected chi connectivity index (χ0v) is 15.8. The molecule has 5 aromatic rings. The molecule has 1 aromatic carbocycles. The van der Waals surface area contributed by atoms with Crippen LogP contribution in [-0.2, 0) is 6.54 Å². The summed E-state index contributed by atoms with van der Waals surface area (Å²) in [6.45, 7) is 2.61. The van der Waals surface area contributed by atoms with Crippen molar-refractivity contribution in [1.82, 2.24) is 34.9 Å². The first kappa shape index (κ1) is 16.7. The topological polar surface area (TPSA) is 88.1 Å². The maximum atomic E-state index is 6.08. The van der Waals surface area contributed by atoms with E-state index in [0.29, 0.717) is 6.54 Å². The fraction of sp³-hybridized carbons (Fsp3) is 0.100. The number of hydrogen-bond acceptors (Lipinski definition) is 4. The molecule has 5 rings (SSSR count). The second-order valence-corrected chi connectivity index (χ2v) is 7.06. The van der Waals surface area contributed by atoms with Gasteiger partial charge in [-0.25, -0.2) is 9.97 Å². The average Bonchev–Trinajstić information content (AvgIpc) is 3.40. The van der Waals surface area contributed by atoms with Crippen molar-refractivity contribution < 1.29 is 0 Å². The SMILES string of the molecule is Cc1[nH]ncc1-c1cnc2[nH]cc(-c3cnn(Cc4cccc(Cl)c4)c3)c2n1. The van der Waals surface area contributed by atoms with E-state index in [4.69, 9.17) is 16.6 Å². The normalized spacial score (nSPS) is 11.4. The third kappa shape index (κ3) is 2.95. The highest BCUT2D eigenvalue weighted by atomic mass is 35.5. The molecular formula is C20H16ClN7. The molecule has 0 aliphatic carbocycles. The van der Waals surface area contributed by atoms with Crippen LogP contribution in [0.4, 0.5) is 0 Å².